The summed E-state index contributed by atoms with van der Waals surface area (Å²) >= 11 is 0. The second-order valence-corrected chi connectivity index (χ2v) is 12.1. The molecule has 0 spiro atoms. The third-order valence-corrected chi connectivity index (χ3v) is 9.41. The highest BCUT2D eigenvalue weighted by molar-refractivity contribution is 7.62. The van der Waals surface area contributed by atoms with Crippen molar-refractivity contribution in [3.63, 3.8) is 0 Å². The van der Waals surface area contributed by atoms with E-state index in [1.54, 1.807) is 32.0 Å². The SMILES string of the molecule is CCOP(=O)(OCC)c1ccc2[nH]c(O)c(C(=Nc3ccc(CCN4CCCCC4)cc3)c3ccccc3)c2c1. The normalized spacial score (nSPS) is 15.1. The molecule has 5 rings (SSSR count). The molecule has 40 heavy (non-hydrogen) atoms. The molecule has 0 aliphatic carbocycles. The zero-order valence-electron chi connectivity index (χ0n) is 23.3. The van der Waals surface area contributed by atoms with Gasteiger partial charge >= 0.3 is 7.60 Å². The van der Waals surface area contributed by atoms with Gasteiger partial charge in [-0.05, 0) is 82.1 Å². The van der Waals surface area contributed by atoms with Gasteiger partial charge in [0.25, 0.3) is 0 Å². The highest BCUT2D eigenvalue weighted by Gasteiger charge is 2.28. The van der Waals surface area contributed by atoms with Gasteiger partial charge < -0.3 is 24.0 Å². The molecule has 7 nitrogen and oxygen atoms in total. The van der Waals surface area contributed by atoms with Crippen LogP contribution in [0.3, 0.4) is 0 Å². The summed E-state index contributed by atoms with van der Waals surface area (Å²) in [6.07, 6.45) is 4.96. The maximum absolute atomic E-state index is 13.5. The number of piperidine rings is 1. The fourth-order valence-corrected chi connectivity index (χ4v) is 6.90. The number of hydrogen-bond acceptors (Lipinski definition) is 6. The van der Waals surface area contributed by atoms with E-state index in [1.165, 1.54) is 37.9 Å². The maximum atomic E-state index is 13.5. The Bertz CT molecular complexity index is 1480. The lowest BCUT2D eigenvalue weighted by molar-refractivity contribution is 0.230. The van der Waals surface area contributed by atoms with Gasteiger partial charge in [0, 0.05) is 23.0 Å². The van der Waals surface area contributed by atoms with Crippen molar-refractivity contribution in [3.05, 3.63) is 89.5 Å². The first kappa shape index (κ1) is 28.3. The molecule has 2 heterocycles. The van der Waals surface area contributed by atoms with Gasteiger partial charge in [-0.25, -0.2) is 4.99 Å². The van der Waals surface area contributed by atoms with E-state index in [4.69, 9.17) is 14.0 Å². The summed E-state index contributed by atoms with van der Waals surface area (Å²) in [6.45, 7) is 7.56. The van der Waals surface area contributed by atoms with E-state index < -0.39 is 7.60 Å². The van der Waals surface area contributed by atoms with Crippen molar-refractivity contribution in [2.24, 2.45) is 4.99 Å². The number of aromatic amines is 1. The van der Waals surface area contributed by atoms with Gasteiger partial charge in [-0.3, -0.25) is 4.57 Å². The molecule has 210 valence electrons. The molecule has 0 radical (unpaired) electrons. The smallest absolute Gasteiger partial charge is 0.361 e. The van der Waals surface area contributed by atoms with Crippen LogP contribution in [0.15, 0.2) is 77.8 Å². The van der Waals surface area contributed by atoms with Crippen LogP contribution in [0.1, 0.15) is 49.8 Å². The van der Waals surface area contributed by atoms with Crippen LogP contribution in [-0.4, -0.2) is 53.6 Å². The number of aromatic hydroxyl groups is 1. The lowest BCUT2D eigenvalue weighted by atomic mass is 10.0. The minimum absolute atomic E-state index is 0.00411. The second kappa shape index (κ2) is 13.0. The van der Waals surface area contributed by atoms with E-state index in [9.17, 15) is 9.67 Å². The maximum Gasteiger partial charge on any atom is 0.361 e. The first-order valence-electron chi connectivity index (χ1n) is 14.2. The van der Waals surface area contributed by atoms with Crippen LogP contribution in [0.2, 0.25) is 0 Å². The fraction of sp³-hybridized carbons (Fsp3) is 0.344. The summed E-state index contributed by atoms with van der Waals surface area (Å²) in [5.41, 5.74) is 4.79. The lowest BCUT2D eigenvalue weighted by Gasteiger charge is -2.26. The van der Waals surface area contributed by atoms with Crippen molar-refractivity contribution in [2.45, 2.75) is 39.5 Å². The summed E-state index contributed by atoms with van der Waals surface area (Å²) in [5.74, 6) is -0.00411. The number of rotatable bonds is 11. The number of hydrogen-bond donors (Lipinski definition) is 2. The molecule has 3 aromatic carbocycles. The molecular formula is C32H38N3O4P. The molecule has 1 aliphatic rings. The van der Waals surface area contributed by atoms with Crippen LogP contribution in [0.25, 0.3) is 10.9 Å². The van der Waals surface area contributed by atoms with Crippen LogP contribution in [0, 0.1) is 0 Å². The molecule has 0 unspecified atom stereocenters. The Labute approximate surface area is 236 Å². The molecule has 4 aromatic rings. The Morgan fingerprint density at radius 2 is 1.65 bits per heavy atom. The summed E-state index contributed by atoms with van der Waals surface area (Å²) in [4.78, 5) is 10.6. The van der Waals surface area contributed by atoms with Crippen LogP contribution < -0.4 is 5.30 Å². The van der Waals surface area contributed by atoms with E-state index in [-0.39, 0.29) is 19.1 Å². The van der Waals surface area contributed by atoms with Crippen LogP contribution in [-0.2, 0) is 20.0 Å². The molecule has 1 saturated heterocycles. The standard InChI is InChI=1S/C32H38N3O4P/c1-3-38-40(37,39-4-2)27-17-18-29-28(23-27)30(32(36)34-29)31(25-11-7-5-8-12-25)33-26-15-13-24(14-16-26)19-22-35-20-9-6-10-21-35/h5,7-8,11-18,23,34,36H,3-4,6,9-10,19-22H2,1-2H3. The molecule has 0 bridgehead atoms. The minimum Gasteiger partial charge on any atom is -0.494 e. The number of H-pyrrole nitrogens is 1. The van der Waals surface area contributed by atoms with E-state index in [1.807, 2.05) is 42.5 Å². The van der Waals surface area contributed by atoms with Gasteiger partial charge in [0.2, 0.25) is 0 Å². The number of likely N-dealkylation sites (tertiary alicyclic amines) is 1. The monoisotopic (exact) mass is 559 g/mol. The lowest BCUT2D eigenvalue weighted by Crippen LogP contribution is -2.31. The van der Waals surface area contributed by atoms with Crippen molar-refractivity contribution in [3.8, 4) is 5.88 Å². The van der Waals surface area contributed by atoms with Crippen LogP contribution in [0.5, 0.6) is 5.88 Å². The van der Waals surface area contributed by atoms with Gasteiger partial charge in [0.1, 0.15) is 0 Å². The van der Waals surface area contributed by atoms with Gasteiger partial charge in [-0.15, -0.1) is 0 Å². The molecule has 1 fully saturated rings. The third-order valence-electron chi connectivity index (χ3n) is 7.30. The predicted octanol–water partition coefficient (Wildman–Crippen LogP) is 6.96. The second-order valence-electron chi connectivity index (χ2n) is 10.1. The molecule has 0 atom stereocenters. The Balaban J connectivity index is 1.52. The first-order valence-corrected chi connectivity index (χ1v) is 15.7. The summed E-state index contributed by atoms with van der Waals surface area (Å²) in [5, 5.41) is 12.2. The minimum atomic E-state index is -3.52. The average Bonchev–Trinajstić information content (AvgIpc) is 3.31. The molecule has 1 aliphatic heterocycles. The zero-order chi connectivity index (χ0) is 28.0. The van der Waals surface area contributed by atoms with Crippen molar-refractivity contribution < 1.29 is 18.7 Å². The average molecular weight is 560 g/mol. The highest BCUT2D eigenvalue weighted by Crippen LogP contribution is 2.47. The zero-order valence-corrected chi connectivity index (χ0v) is 24.2. The van der Waals surface area contributed by atoms with E-state index in [0.717, 1.165) is 24.2 Å². The van der Waals surface area contributed by atoms with Gasteiger partial charge in [0.15, 0.2) is 5.88 Å². The van der Waals surface area contributed by atoms with E-state index >= 15 is 0 Å². The Morgan fingerprint density at radius 3 is 2.33 bits per heavy atom. The molecule has 2 N–H and O–H groups in total. The van der Waals surface area contributed by atoms with Crippen molar-refractivity contribution in [2.75, 3.05) is 32.8 Å². The topological polar surface area (TPSA) is 87.1 Å². The number of aromatic nitrogens is 1. The summed E-state index contributed by atoms with van der Waals surface area (Å²) < 4.78 is 24.7. The largest absolute Gasteiger partial charge is 0.494 e. The number of nitrogens with one attached hydrogen (secondary N) is 1. The summed E-state index contributed by atoms with van der Waals surface area (Å²) in [6, 6.07) is 23.4. The van der Waals surface area contributed by atoms with Crippen molar-refractivity contribution in [1.29, 1.82) is 0 Å². The third kappa shape index (κ3) is 6.39. The fourth-order valence-electron chi connectivity index (χ4n) is 5.30. The Kier molecular flexibility index (Phi) is 9.18. The molecular weight excluding hydrogens is 521 g/mol. The number of benzene rings is 3. The quantitative estimate of drug-likeness (QED) is 0.153. The van der Waals surface area contributed by atoms with Gasteiger partial charge in [-0.2, -0.15) is 0 Å². The molecule has 1 aromatic heterocycles. The first-order chi connectivity index (χ1) is 19.5. The number of fused-ring (bicyclic) bond motifs is 1. The van der Waals surface area contributed by atoms with E-state index in [2.05, 4.69) is 22.0 Å². The van der Waals surface area contributed by atoms with Gasteiger partial charge in [-0.1, -0.05) is 48.9 Å². The van der Waals surface area contributed by atoms with Crippen LogP contribution in [0.4, 0.5) is 5.69 Å². The Morgan fingerprint density at radius 1 is 0.950 bits per heavy atom. The number of aliphatic imine (C=N–C) groups is 1. The van der Waals surface area contributed by atoms with Gasteiger partial charge in [0.05, 0.1) is 35.5 Å². The number of nitrogens with zero attached hydrogens (tertiary/aromatic N) is 2. The van der Waals surface area contributed by atoms with Crippen LogP contribution >= 0.6 is 7.60 Å². The molecule has 0 amide bonds. The van der Waals surface area contributed by atoms with Crippen molar-refractivity contribution >= 4 is 35.2 Å². The predicted molar refractivity (Wildman–Crippen MR) is 163 cm³/mol. The highest BCUT2D eigenvalue weighted by atomic mass is 31.2. The molecule has 0 saturated carbocycles. The van der Waals surface area contributed by atoms with E-state index in [0.29, 0.717) is 27.5 Å². The summed E-state index contributed by atoms with van der Waals surface area (Å²) in [7, 11) is -3.52. The van der Waals surface area contributed by atoms with Crippen molar-refractivity contribution in [1.82, 2.24) is 9.88 Å². The molecule has 8 heteroatoms. The Hall–Kier alpha value is -3.22.